The van der Waals surface area contributed by atoms with Gasteiger partial charge >= 0.3 is 0 Å². The van der Waals surface area contributed by atoms with E-state index in [2.05, 4.69) is 6.07 Å². The molecule has 0 heterocycles. The summed E-state index contributed by atoms with van der Waals surface area (Å²) in [7, 11) is 1.57. The number of nitriles is 1. The average Bonchev–Trinajstić information content (AvgIpc) is 2.35. The SMILES string of the molecule is COc1cccc(C(C#N)OC(C)C(C)O)c1. The second kappa shape index (κ2) is 6.24. The lowest BCUT2D eigenvalue weighted by Crippen LogP contribution is -2.24. The lowest BCUT2D eigenvalue weighted by molar-refractivity contribution is -0.0426. The van der Waals surface area contributed by atoms with E-state index in [0.717, 1.165) is 5.56 Å². The fourth-order valence-corrected chi connectivity index (χ4v) is 1.32. The van der Waals surface area contributed by atoms with Crippen LogP contribution in [0, 0.1) is 11.3 Å². The van der Waals surface area contributed by atoms with E-state index >= 15 is 0 Å². The van der Waals surface area contributed by atoms with Crippen LogP contribution < -0.4 is 4.74 Å². The molecule has 92 valence electrons. The number of rotatable bonds is 5. The van der Waals surface area contributed by atoms with E-state index in [4.69, 9.17) is 14.7 Å². The van der Waals surface area contributed by atoms with Gasteiger partial charge in [-0.2, -0.15) is 5.26 Å². The lowest BCUT2D eigenvalue weighted by Gasteiger charge is -2.20. The Labute approximate surface area is 101 Å². The molecular formula is C13H17NO3. The zero-order valence-electron chi connectivity index (χ0n) is 10.3. The maximum atomic E-state index is 9.35. The van der Waals surface area contributed by atoms with Gasteiger partial charge in [-0.3, -0.25) is 0 Å². The molecule has 4 nitrogen and oxygen atoms in total. The van der Waals surface area contributed by atoms with Crippen LogP contribution in [0.3, 0.4) is 0 Å². The minimum absolute atomic E-state index is 0.397. The summed E-state index contributed by atoms with van der Waals surface area (Å²) in [5.41, 5.74) is 0.722. The van der Waals surface area contributed by atoms with Crippen molar-refractivity contribution in [3.8, 4) is 11.8 Å². The molecule has 0 amide bonds. The summed E-state index contributed by atoms with van der Waals surface area (Å²) in [6, 6.07) is 9.22. The number of hydrogen-bond donors (Lipinski definition) is 1. The lowest BCUT2D eigenvalue weighted by atomic mass is 10.1. The number of aliphatic hydroxyl groups excluding tert-OH is 1. The van der Waals surface area contributed by atoms with Gasteiger partial charge in [0.1, 0.15) is 5.75 Å². The van der Waals surface area contributed by atoms with Gasteiger partial charge in [-0.1, -0.05) is 12.1 Å². The molecule has 3 unspecified atom stereocenters. The Morgan fingerprint density at radius 3 is 2.59 bits per heavy atom. The van der Waals surface area contributed by atoms with Crippen LogP contribution in [-0.2, 0) is 4.74 Å². The third-order valence-electron chi connectivity index (χ3n) is 2.54. The fourth-order valence-electron chi connectivity index (χ4n) is 1.32. The highest BCUT2D eigenvalue weighted by Gasteiger charge is 2.18. The highest BCUT2D eigenvalue weighted by molar-refractivity contribution is 5.32. The molecule has 1 aromatic carbocycles. The van der Waals surface area contributed by atoms with E-state index in [-0.39, 0.29) is 0 Å². The van der Waals surface area contributed by atoms with Crippen LogP contribution in [0.2, 0.25) is 0 Å². The molecule has 0 radical (unpaired) electrons. The monoisotopic (exact) mass is 235 g/mol. The first kappa shape index (κ1) is 13.5. The standard InChI is InChI=1S/C13H17NO3/c1-9(15)10(2)17-13(8-14)11-5-4-6-12(7-11)16-3/h4-7,9-10,13,15H,1-3H3. The molecule has 0 fully saturated rings. The number of aliphatic hydroxyl groups is 1. The van der Waals surface area contributed by atoms with Gasteiger partial charge in [0.2, 0.25) is 0 Å². The van der Waals surface area contributed by atoms with Gasteiger partial charge in [0, 0.05) is 0 Å². The molecule has 0 aromatic heterocycles. The van der Waals surface area contributed by atoms with Gasteiger partial charge in [-0.15, -0.1) is 0 Å². The maximum Gasteiger partial charge on any atom is 0.169 e. The molecular weight excluding hydrogens is 218 g/mol. The van der Waals surface area contributed by atoms with Crippen molar-refractivity contribution in [2.45, 2.75) is 32.2 Å². The molecule has 0 saturated heterocycles. The summed E-state index contributed by atoms with van der Waals surface area (Å²) in [6.45, 7) is 3.36. The van der Waals surface area contributed by atoms with Crippen molar-refractivity contribution < 1.29 is 14.6 Å². The Morgan fingerprint density at radius 2 is 2.06 bits per heavy atom. The fraction of sp³-hybridized carbons (Fsp3) is 0.462. The number of benzene rings is 1. The average molecular weight is 235 g/mol. The largest absolute Gasteiger partial charge is 0.497 e. The minimum atomic E-state index is -0.699. The molecule has 1 aromatic rings. The highest BCUT2D eigenvalue weighted by Crippen LogP contribution is 2.23. The molecule has 0 bridgehead atoms. The van der Waals surface area contributed by atoms with Crippen molar-refractivity contribution in [3.63, 3.8) is 0 Å². The summed E-state index contributed by atoms with van der Waals surface area (Å²) in [5.74, 6) is 0.677. The molecule has 0 saturated carbocycles. The normalized spacial score (nSPS) is 15.7. The van der Waals surface area contributed by atoms with E-state index in [1.54, 1.807) is 45.2 Å². The van der Waals surface area contributed by atoms with Crippen molar-refractivity contribution in [3.05, 3.63) is 29.8 Å². The third kappa shape index (κ3) is 3.74. The quantitative estimate of drug-likeness (QED) is 0.848. The molecule has 1 rings (SSSR count). The predicted molar refractivity (Wildman–Crippen MR) is 63.6 cm³/mol. The first-order valence-corrected chi connectivity index (χ1v) is 5.45. The molecule has 4 heteroatoms. The Bertz CT molecular complexity index is 398. The molecule has 0 spiro atoms. The minimum Gasteiger partial charge on any atom is -0.497 e. The Morgan fingerprint density at radius 1 is 1.35 bits per heavy atom. The van der Waals surface area contributed by atoms with Crippen LogP contribution in [0.4, 0.5) is 0 Å². The number of hydrogen-bond acceptors (Lipinski definition) is 4. The van der Waals surface area contributed by atoms with E-state index < -0.39 is 18.3 Å². The molecule has 0 aliphatic rings. The van der Waals surface area contributed by atoms with Crippen LogP contribution in [-0.4, -0.2) is 24.4 Å². The summed E-state index contributed by atoms with van der Waals surface area (Å²) in [6.07, 6.45) is -1.71. The summed E-state index contributed by atoms with van der Waals surface area (Å²) >= 11 is 0. The number of nitrogens with zero attached hydrogens (tertiary/aromatic N) is 1. The zero-order valence-corrected chi connectivity index (χ0v) is 10.3. The zero-order chi connectivity index (χ0) is 12.8. The number of methoxy groups -OCH3 is 1. The summed E-state index contributed by atoms with van der Waals surface area (Å²) in [5, 5.41) is 18.4. The van der Waals surface area contributed by atoms with Crippen LogP contribution >= 0.6 is 0 Å². The van der Waals surface area contributed by atoms with E-state index in [9.17, 15) is 5.11 Å². The second-order valence-electron chi connectivity index (χ2n) is 3.87. The summed E-state index contributed by atoms with van der Waals surface area (Å²) < 4.78 is 10.6. The van der Waals surface area contributed by atoms with Crippen molar-refractivity contribution in [1.82, 2.24) is 0 Å². The van der Waals surface area contributed by atoms with Crippen LogP contribution in [0.25, 0.3) is 0 Å². The van der Waals surface area contributed by atoms with E-state index in [1.807, 2.05) is 0 Å². The Balaban J connectivity index is 2.83. The van der Waals surface area contributed by atoms with Crippen LogP contribution in [0.15, 0.2) is 24.3 Å². The van der Waals surface area contributed by atoms with Crippen LogP contribution in [0.5, 0.6) is 5.75 Å². The predicted octanol–water partition coefficient (Wildman–Crippen LogP) is 2.05. The molecule has 3 atom stereocenters. The van der Waals surface area contributed by atoms with Crippen molar-refractivity contribution in [2.75, 3.05) is 7.11 Å². The van der Waals surface area contributed by atoms with E-state index in [1.165, 1.54) is 0 Å². The Kier molecular flexibility index (Phi) is 4.95. The molecule has 0 aliphatic carbocycles. The van der Waals surface area contributed by atoms with Gasteiger partial charge in [-0.25, -0.2) is 0 Å². The van der Waals surface area contributed by atoms with Gasteiger partial charge in [0.25, 0.3) is 0 Å². The molecule has 17 heavy (non-hydrogen) atoms. The van der Waals surface area contributed by atoms with Gasteiger partial charge < -0.3 is 14.6 Å². The first-order chi connectivity index (χ1) is 8.08. The topological polar surface area (TPSA) is 62.5 Å². The Hall–Kier alpha value is -1.57. The second-order valence-corrected chi connectivity index (χ2v) is 3.87. The maximum absolute atomic E-state index is 9.35. The smallest absolute Gasteiger partial charge is 0.169 e. The molecule has 0 aliphatic heterocycles. The third-order valence-corrected chi connectivity index (χ3v) is 2.54. The van der Waals surface area contributed by atoms with E-state index in [0.29, 0.717) is 5.75 Å². The highest BCUT2D eigenvalue weighted by atomic mass is 16.5. The van der Waals surface area contributed by atoms with Crippen molar-refractivity contribution in [2.24, 2.45) is 0 Å². The molecule has 1 N–H and O–H groups in total. The van der Waals surface area contributed by atoms with Gasteiger partial charge in [-0.05, 0) is 31.5 Å². The van der Waals surface area contributed by atoms with Crippen molar-refractivity contribution >= 4 is 0 Å². The van der Waals surface area contributed by atoms with Crippen LogP contribution in [0.1, 0.15) is 25.5 Å². The van der Waals surface area contributed by atoms with Gasteiger partial charge in [0.15, 0.2) is 6.10 Å². The van der Waals surface area contributed by atoms with Crippen molar-refractivity contribution in [1.29, 1.82) is 5.26 Å². The first-order valence-electron chi connectivity index (χ1n) is 5.45. The summed E-state index contributed by atoms with van der Waals surface area (Å²) in [4.78, 5) is 0. The number of ether oxygens (including phenoxy) is 2. The van der Waals surface area contributed by atoms with Gasteiger partial charge in [0.05, 0.1) is 25.4 Å².